The highest BCUT2D eigenvalue weighted by Crippen LogP contribution is 2.41. The smallest absolute Gasteiger partial charge is 0.153 e. The average molecular weight is 326 g/mol. The second kappa shape index (κ2) is 6.68. The molecule has 0 aliphatic heterocycles. The molecule has 0 bridgehead atoms. The van der Waals surface area contributed by atoms with Crippen molar-refractivity contribution in [2.24, 2.45) is 0 Å². The molecule has 0 radical (unpaired) electrons. The highest BCUT2D eigenvalue weighted by atomic mass is 16.5. The third kappa shape index (κ3) is 3.03. The standard InChI is InChI=1S/C21H26O3/c1-20(2,15-11-7-9-13-17(15)23-5)19(22)21(3,4)16-12-8-10-14-18(16)24-6/h7-14H,1-6H3. The third-order valence-corrected chi connectivity index (χ3v) is 4.70. The van der Waals surface area contributed by atoms with Crippen LogP contribution in [0.2, 0.25) is 0 Å². The molecule has 0 fully saturated rings. The predicted octanol–water partition coefficient (Wildman–Crippen LogP) is 4.53. The Balaban J connectivity index is 2.52. The normalized spacial score (nSPS) is 11.9. The molecule has 0 amide bonds. The first-order valence-electron chi connectivity index (χ1n) is 8.08. The number of rotatable bonds is 6. The minimum Gasteiger partial charge on any atom is -0.496 e. The Morgan fingerprint density at radius 1 is 0.708 bits per heavy atom. The molecule has 0 saturated carbocycles. The summed E-state index contributed by atoms with van der Waals surface area (Å²) >= 11 is 0. The first kappa shape index (κ1) is 18.1. The second-order valence-corrected chi connectivity index (χ2v) is 6.98. The number of ether oxygens (including phenoxy) is 2. The van der Waals surface area contributed by atoms with E-state index in [9.17, 15) is 4.79 Å². The lowest BCUT2D eigenvalue weighted by atomic mass is 9.67. The molecule has 0 saturated heterocycles. The summed E-state index contributed by atoms with van der Waals surface area (Å²) in [5.41, 5.74) is 0.384. The van der Waals surface area contributed by atoms with Crippen LogP contribution in [-0.2, 0) is 15.6 Å². The fourth-order valence-electron chi connectivity index (χ4n) is 3.35. The van der Waals surface area contributed by atoms with Gasteiger partial charge in [0.2, 0.25) is 0 Å². The van der Waals surface area contributed by atoms with Gasteiger partial charge in [0.25, 0.3) is 0 Å². The fourth-order valence-corrected chi connectivity index (χ4v) is 3.35. The van der Waals surface area contributed by atoms with Crippen molar-refractivity contribution in [1.82, 2.24) is 0 Å². The van der Waals surface area contributed by atoms with E-state index in [1.54, 1.807) is 14.2 Å². The number of carbonyl (C=O) groups is 1. The summed E-state index contributed by atoms with van der Waals surface area (Å²) in [4.78, 5) is 13.5. The van der Waals surface area contributed by atoms with Gasteiger partial charge < -0.3 is 9.47 Å². The molecule has 3 heteroatoms. The number of para-hydroxylation sites is 2. The van der Waals surface area contributed by atoms with Gasteiger partial charge in [0, 0.05) is 11.1 Å². The van der Waals surface area contributed by atoms with Crippen LogP contribution < -0.4 is 9.47 Å². The predicted molar refractivity (Wildman–Crippen MR) is 97.0 cm³/mol. The van der Waals surface area contributed by atoms with Gasteiger partial charge in [-0.1, -0.05) is 36.4 Å². The van der Waals surface area contributed by atoms with E-state index in [1.807, 2.05) is 76.2 Å². The quantitative estimate of drug-likeness (QED) is 0.782. The monoisotopic (exact) mass is 326 g/mol. The summed E-state index contributed by atoms with van der Waals surface area (Å²) < 4.78 is 10.9. The minimum absolute atomic E-state index is 0.115. The topological polar surface area (TPSA) is 35.5 Å². The lowest BCUT2D eigenvalue weighted by Crippen LogP contribution is -2.43. The molecule has 2 aromatic rings. The van der Waals surface area contributed by atoms with Crippen LogP contribution in [0.1, 0.15) is 38.8 Å². The van der Waals surface area contributed by atoms with Crippen LogP contribution in [-0.4, -0.2) is 20.0 Å². The maximum Gasteiger partial charge on any atom is 0.153 e. The summed E-state index contributed by atoms with van der Waals surface area (Å²) in [7, 11) is 3.26. The molecule has 3 nitrogen and oxygen atoms in total. The summed E-state index contributed by atoms with van der Waals surface area (Å²) in [6, 6.07) is 15.4. The van der Waals surface area contributed by atoms with Crippen LogP contribution in [0.5, 0.6) is 11.5 Å². The lowest BCUT2D eigenvalue weighted by Gasteiger charge is -2.35. The zero-order chi connectivity index (χ0) is 18.0. The summed E-state index contributed by atoms with van der Waals surface area (Å²) in [6.07, 6.45) is 0. The van der Waals surface area contributed by atoms with Gasteiger partial charge in [-0.05, 0) is 39.8 Å². The molecular weight excluding hydrogens is 300 g/mol. The number of methoxy groups -OCH3 is 2. The number of carbonyl (C=O) groups excluding carboxylic acids is 1. The van der Waals surface area contributed by atoms with Gasteiger partial charge in [0.05, 0.1) is 25.0 Å². The Morgan fingerprint density at radius 2 is 1.04 bits per heavy atom. The largest absolute Gasteiger partial charge is 0.496 e. The second-order valence-electron chi connectivity index (χ2n) is 6.98. The molecular formula is C21H26O3. The van der Waals surface area contributed by atoms with E-state index in [-0.39, 0.29) is 5.78 Å². The van der Waals surface area contributed by atoms with Crippen LogP contribution in [0.25, 0.3) is 0 Å². The summed E-state index contributed by atoms with van der Waals surface area (Å²) in [5, 5.41) is 0. The van der Waals surface area contributed by atoms with Crippen LogP contribution in [0.4, 0.5) is 0 Å². The van der Waals surface area contributed by atoms with E-state index < -0.39 is 10.8 Å². The maximum absolute atomic E-state index is 13.5. The Labute approximate surface area is 144 Å². The molecule has 24 heavy (non-hydrogen) atoms. The van der Waals surface area contributed by atoms with Gasteiger partial charge in [0.15, 0.2) is 5.78 Å². The molecule has 0 aliphatic rings. The van der Waals surface area contributed by atoms with Crippen molar-refractivity contribution in [1.29, 1.82) is 0 Å². The number of hydrogen-bond donors (Lipinski definition) is 0. The first-order valence-corrected chi connectivity index (χ1v) is 8.08. The van der Waals surface area contributed by atoms with Gasteiger partial charge in [-0.25, -0.2) is 0 Å². The van der Waals surface area contributed by atoms with E-state index in [1.165, 1.54) is 0 Å². The van der Waals surface area contributed by atoms with Gasteiger partial charge in [0.1, 0.15) is 11.5 Å². The highest BCUT2D eigenvalue weighted by Gasteiger charge is 2.43. The van der Waals surface area contributed by atoms with Crippen LogP contribution >= 0.6 is 0 Å². The molecule has 2 aromatic carbocycles. The molecule has 2 rings (SSSR count). The van der Waals surface area contributed by atoms with Crippen molar-refractivity contribution in [2.75, 3.05) is 14.2 Å². The molecule has 128 valence electrons. The Hall–Kier alpha value is -2.29. The number of Topliss-reactive ketones (excluding diaryl/α,β-unsaturated/α-hetero) is 1. The molecule has 0 aliphatic carbocycles. The highest BCUT2D eigenvalue weighted by molar-refractivity contribution is 5.98. The maximum atomic E-state index is 13.5. The van der Waals surface area contributed by atoms with E-state index in [0.717, 1.165) is 22.6 Å². The van der Waals surface area contributed by atoms with Gasteiger partial charge in [-0.3, -0.25) is 4.79 Å². The van der Waals surface area contributed by atoms with Crippen molar-refractivity contribution in [3.8, 4) is 11.5 Å². The van der Waals surface area contributed by atoms with Gasteiger partial charge >= 0.3 is 0 Å². The van der Waals surface area contributed by atoms with E-state index in [0.29, 0.717) is 0 Å². The molecule has 0 N–H and O–H groups in total. The number of hydrogen-bond acceptors (Lipinski definition) is 3. The van der Waals surface area contributed by atoms with Crippen molar-refractivity contribution < 1.29 is 14.3 Å². The molecule has 0 unspecified atom stereocenters. The SMILES string of the molecule is COc1ccccc1C(C)(C)C(=O)C(C)(C)c1ccccc1OC. The molecule has 0 spiro atoms. The molecule has 0 atom stereocenters. The average Bonchev–Trinajstić information content (AvgIpc) is 2.60. The van der Waals surface area contributed by atoms with Crippen molar-refractivity contribution in [2.45, 2.75) is 38.5 Å². The summed E-state index contributed by atoms with van der Waals surface area (Å²) in [6.45, 7) is 7.80. The minimum atomic E-state index is -0.697. The van der Waals surface area contributed by atoms with Gasteiger partial charge in [-0.2, -0.15) is 0 Å². The Bertz CT molecular complexity index is 668. The van der Waals surface area contributed by atoms with Crippen molar-refractivity contribution in [3.63, 3.8) is 0 Å². The van der Waals surface area contributed by atoms with Crippen molar-refractivity contribution >= 4 is 5.78 Å². The Kier molecular flexibility index (Phi) is 5.02. The van der Waals surface area contributed by atoms with Crippen molar-refractivity contribution in [3.05, 3.63) is 59.7 Å². The number of ketones is 1. The third-order valence-electron chi connectivity index (χ3n) is 4.70. The van der Waals surface area contributed by atoms with Crippen LogP contribution in [0.3, 0.4) is 0 Å². The van der Waals surface area contributed by atoms with Crippen LogP contribution in [0, 0.1) is 0 Å². The lowest BCUT2D eigenvalue weighted by molar-refractivity contribution is -0.128. The number of benzene rings is 2. The van der Waals surface area contributed by atoms with E-state index >= 15 is 0 Å². The fraction of sp³-hybridized carbons (Fsp3) is 0.381. The van der Waals surface area contributed by atoms with Crippen LogP contribution in [0.15, 0.2) is 48.5 Å². The first-order chi connectivity index (χ1) is 11.3. The zero-order valence-corrected chi connectivity index (χ0v) is 15.3. The van der Waals surface area contributed by atoms with Gasteiger partial charge in [-0.15, -0.1) is 0 Å². The Morgan fingerprint density at radius 3 is 1.38 bits per heavy atom. The zero-order valence-electron chi connectivity index (χ0n) is 15.3. The summed E-state index contributed by atoms with van der Waals surface area (Å²) in [5.74, 6) is 1.57. The molecule has 0 aromatic heterocycles. The van der Waals surface area contributed by atoms with E-state index in [4.69, 9.17) is 9.47 Å². The van der Waals surface area contributed by atoms with E-state index in [2.05, 4.69) is 0 Å². The molecule has 0 heterocycles.